The number of aliphatic hydroxyl groups excluding tert-OH is 3. The van der Waals surface area contributed by atoms with E-state index >= 15 is 0 Å². The van der Waals surface area contributed by atoms with Gasteiger partial charge in [-0.2, -0.15) is 8.78 Å². The van der Waals surface area contributed by atoms with E-state index in [9.17, 15) is 33.7 Å². The zero-order chi connectivity index (χ0) is 20.6. The largest absolute Gasteiger partial charge is 0.394 e. The average molecular weight is 398 g/mol. The summed E-state index contributed by atoms with van der Waals surface area (Å²) in [7, 11) is 0. The zero-order valence-electron chi connectivity index (χ0n) is 14.9. The van der Waals surface area contributed by atoms with Crippen LogP contribution in [0.3, 0.4) is 0 Å². The van der Waals surface area contributed by atoms with Crippen molar-refractivity contribution in [1.82, 2.24) is 9.13 Å². The minimum absolute atomic E-state index is 0.0267. The Bertz CT molecular complexity index is 959. The first-order valence-corrected chi connectivity index (χ1v) is 8.55. The van der Waals surface area contributed by atoms with Crippen molar-refractivity contribution in [2.75, 3.05) is 6.61 Å². The molecule has 0 saturated carbocycles. The molecule has 1 aliphatic heterocycles. The molecule has 1 aromatic carbocycles. The maximum absolute atomic E-state index is 14.6. The van der Waals surface area contributed by atoms with Crippen LogP contribution in [0.5, 0.6) is 0 Å². The van der Waals surface area contributed by atoms with E-state index in [4.69, 9.17) is 4.74 Å². The first kappa shape index (κ1) is 20.3. The molecule has 8 nitrogen and oxygen atoms in total. The minimum atomic E-state index is -3.50. The fourth-order valence-electron chi connectivity index (χ4n) is 3.16. The second kappa shape index (κ2) is 7.55. The Labute approximate surface area is 157 Å². The van der Waals surface area contributed by atoms with E-state index in [-0.39, 0.29) is 11.1 Å². The number of nitrogens with zero attached hydrogens (tertiary/aromatic N) is 2. The summed E-state index contributed by atoms with van der Waals surface area (Å²) >= 11 is 0. The zero-order valence-corrected chi connectivity index (χ0v) is 14.9. The number of rotatable bonds is 5. The van der Waals surface area contributed by atoms with Crippen LogP contribution >= 0.6 is 0 Å². The Hall–Kier alpha value is -2.40. The van der Waals surface area contributed by atoms with E-state index in [1.807, 2.05) is 0 Å². The molecule has 3 rings (SSSR count). The van der Waals surface area contributed by atoms with Gasteiger partial charge in [0.25, 0.3) is 11.5 Å². The predicted molar refractivity (Wildman–Crippen MR) is 93.0 cm³/mol. The molecule has 1 aromatic heterocycles. The topological polar surface area (TPSA) is 114 Å². The molecule has 1 saturated heterocycles. The number of aromatic nitrogens is 2. The highest BCUT2D eigenvalue weighted by Crippen LogP contribution is 2.30. The van der Waals surface area contributed by atoms with Gasteiger partial charge in [0.05, 0.1) is 13.2 Å². The highest BCUT2D eigenvalue weighted by molar-refractivity contribution is 5.20. The number of hydrogen-bond acceptors (Lipinski definition) is 6. The van der Waals surface area contributed by atoms with Crippen molar-refractivity contribution in [1.29, 1.82) is 0 Å². The van der Waals surface area contributed by atoms with Crippen molar-refractivity contribution >= 4 is 0 Å². The highest BCUT2D eigenvalue weighted by atomic mass is 19.3. The molecular weight excluding hydrogens is 378 g/mol. The summed E-state index contributed by atoms with van der Waals surface area (Å²) in [4.78, 5) is 25.1. The molecule has 0 spiro atoms. The molecule has 4 atom stereocenters. The van der Waals surface area contributed by atoms with Gasteiger partial charge < -0.3 is 20.1 Å². The first-order chi connectivity index (χ1) is 13.2. The van der Waals surface area contributed by atoms with Crippen molar-refractivity contribution in [2.45, 2.75) is 43.9 Å². The number of hydrogen-bond donors (Lipinski definition) is 3. The van der Waals surface area contributed by atoms with E-state index in [1.165, 1.54) is 31.2 Å². The molecule has 2 heterocycles. The third kappa shape index (κ3) is 3.51. The Morgan fingerprint density at radius 3 is 2.36 bits per heavy atom. The molecule has 10 heteroatoms. The Kier molecular flexibility index (Phi) is 5.48. The monoisotopic (exact) mass is 398 g/mol. The number of aliphatic hydroxyl groups is 3. The van der Waals surface area contributed by atoms with Gasteiger partial charge in [-0.1, -0.05) is 30.3 Å². The lowest BCUT2D eigenvalue weighted by atomic mass is 10.1. The lowest BCUT2D eigenvalue weighted by molar-refractivity contribution is -0.0578. The van der Waals surface area contributed by atoms with E-state index < -0.39 is 54.9 Å². The van der Waals surface area contributed by atoms with Gasteiger partial charge in [0, 0.05) is 17.3 Å². The molecule has 0 aliphatic carbocycles. The summed E-state index contributed by atoms with van der Waals surface area (Å²) in [6, 6.07) is 6.77. The normalized spacial score (nSPS) is 25.2. The predicted octanol–water partition coefficient (Wildman–Crippen LogP) is -0.278. The van der Waals surface area contributed by atoms with Gasteiger partial charge in [-0.15, -0.1) is 0 Å². The van der Waals surface area contributed by atoms with Crippen molar-refractivity contribution < 1.29 is 28.8 Å². The number of ether oxygens (including phenoxy) is 1. The molecule has 152 valence electrons. The average Bonchev–Trinajstić information content (AvgIpc) is 2.97. The maximum Gasteiger partial charge on any atom is 0.333 e. The van der Waals surface area contributed by atoms with Gasteiger partial charge in [-0.3, -0.25) is 13.9 Å². The van der Waals surface area contributed by atoms with Crippen LogP contribution < -0.4 is 11.2 Å². The number of aryl methyl sites for hydroxylation is 1. The highest BCUT2D eigenvalue weighted by Gasteiger charge is 2.44. The van der Waals surface area contributed by atoms with Gasteiger partial charge >= 0.3 is 5.69 Å². The van der Waals surface area contributed by atoms with Gasteiger partial charge in [0.15, 0.2) is 6.23 Å². The smallest absolute Gasteiger partial charge is 0.333 e. The second-order valence-electron chi connectivity index (χ2n) is 6.69. The van der Waals surface area contributed by atoms with Gasteiger partial charge in [0.1, 0.15) is 18.3 Å². The van der Waals surface area contributed by atoms with Crippen LogP contribution in [-0.2, 0) is 17.2 Å². The van der Waals surface area contributed by atoms with Crippen LogP contribution in [0.15, 0.2) is 46.1 Å². The fourth-order valence-corrected chi connectivity index (χ4v) is 3.16. The lowest BCUT2D eigenvalue weighted by Crippen LogP contribution is -2.46. The van der Waals surface area contributed by atoms with Crippen molar-refractivity contribution in [3.8, 4) is 0 Å². The molecular formula is C18H20F2N2O6. The maximum atomic E-state index is 14.6. The van der Waals surface area contributed by atoms with E-state index in [0.29, 0.717) is 4.57 Å². The van der Waals surface area contributed by atoms with Crippen LogP contribution in [0.1, 0.15) is 17.4 Å². The van der Waals surface area contributed by atoms with Crippen LogP contribution in [0.4, 0.5) is 8.78 Å². The van der Waals surface area contributed by atoms with Gasteiger partial charge in [0.2, 0.25) is 0 Å². The quantitative estimate of drug-likeness (QED) is 0.639. The van der Waals surface area contributed by atoms with E-state index in [1.54, 1.807) is 6.07 Å². The van der Waals surface area contributed by atoms with Gasteiger partial charge in [-0.05, 0) is 6.92 Å². The molecule has 3 N–H and O–H groups in total. The van der Waals surface area contributed by atoms with E-state index in [0.717, 1.165) is 10.8 Å². The van der Waals surface area contributed by atoms with Crippen LogP contribution in [-0.4, -0.2) is 49.4 Å². The van der Waals surface area contributed by atoms with Crippen molar-refractivity contribution in [3.63, 3.8) is 0 Å². The Morgan fingerprint density at radius 2 is 1.79 bits per heavy atom. The van der Waals surface area contributed by atoms with Crippen molar-refractivity contribution in [2.24, 2.45) is 0 Å². The lowest BCUT2D eigenvalue weighted by Gasteiger charge is -2.22. The van der Waals surface area contributed by atoms with Crippen LogP contribution in [0.25, 0.3) is 0 Å². The second-order valence-corrected chi connectivity index (χ2v) is 6.69. The van der Waals surface area contributed by atoms with E-state index in [2.05, 4.69) is 0 Å². The standard InChI is InChI=1S/C18H20F2N2O6/c1-10-7-21(16-14(25)13(24)12(8-23)28-16)17(27)22(15(10)26)9-18(19,20)11-5-3-2-4-6-11/h2-7,12-14,16,23-25H,8-9H2,1H3/t12-,13?,14?,16-/m1/s1. The molecule has 2 unspecified atom stereocenters. The van der Waals surface area contributed by atoms with Crippen LogP contribution in [0, 0.1) is 6.92 Å². The summed E-state index contributed by atoms with van der Waals surface area (Å²) < 4.78 is 35.7. The number of benzene rings is 1. The summed E-state index contributed by atoms with van der Waals surface area (Å²) in [5.41, 5.74) is -2.41. The molecule has 0 radical (unpaired) electrons. The third-order valence-corrected chi connectivity index (χ3v) is 4.71. The Morgan fingerprint density at radius 1 is 1.14 bits per heavy atom. The molecule has 0 bridgehead atoms. The molecule has 1 aliphatic rings. The first-order valence-electron chi connectivity index (χ1n) is 8.55. The summed E-state index contributed by atoms with van der Waals surface area (Å²) in [6.07, 6.45) is -4.58. The van der Waals surface area contributed by atoms with Gasteiger partial charge in [-0.25, -0.2) is 4.79 Å². The molecule has 0 amide bonds. The third-order valence-electron chi connectivity index (χ3n) is 4.71. The van der Waals surface area contributed by atoms with Crippen molar-refractivity contribution in [3.05, 3.63) is 68.5 Å². The summed E-state index contributed by atoms with van der Waals surface area (Å²) in [5.74, 6) is -3.50. The molecule has 28 heavy (non-hydrogen) atoms. The SMILES string of the molecule is Cc1cn([C@@H]2O[C@H](CO)C(O)C2O)c(=O)n(CC(F)(F)c2ccccc2)c1=O. The fraction of sp³-hybridized carbons (Fsp3) is 0.444. The Balaban J connectivity index is 2.04. The summed E-state index contributed by atoms with van der Waals surface area (Å²) in [6.45, 7) is -0.490. The molecule has 1 fully saturated rings. The number of halogens is 2. The molecule has 2 aromatic rings. The van der Waals surface area contributed by atoms with Crippen LogP contribution in [0.2, 0.25) is 0 Å². The minimum Gasteiger partial charge on any atom is -0.394 e. The summed E-state index contributed by atoms with van der Waals surface area (Å²) in [5, 5.41) is 29.2. The number of alkyl halides is 2.